The Morgan fingerprint density at radius 1 is 1.27 bits per heavy atom. The first-order chi connectivity index (χ1) is 7.24. The van der Waals surface area contributed by atoms with Crippen LogP contribution in [0.4, 0.5) is 0 Å². The number of hydrogen-bond donors (Lipinski definition) is 0. The third-order valence-corrected chi connectivity index (χ3v) is 3.90. The van der Waals surface area contributed by atoms with Crippen LogP contribution in [0.5, 0.6) is 0 Å². The average molecular weight is 201 g/mol. The smallest absolute Gasteiger partial charge is 0.233 e. The quantitative estimate of drug-likeness (QED) is 0.629. The molecule has 2 aliphatic rings. The minimum absolute atomic E-state index is 0.149. The van der Waals surface area contributed by atoms with Crippen molar-refractivity contribution in [3.8, 4) is 0 Å². The molecule has 15 heavy (non-hydrogen) atoms. The van der Waals surface area contributed by atoms with Gasteiger partial charge in [-0.25, -0.2) is 0 Å². The van der Waals surface area contributed by atoms with Gasteiger partial charge in [-0.05, 0) is 24.0 Å². The first-order valence-corrected chi connectivity index (χ1v) is 5.58. The van der Waals surface area contributed by atoms with Gasteiger partial charge in [-0.2, -0.15) is 0 Å². The summed E-state index contributed by atoms with van der Waals surface area (Å²) in [5.74, 6) is 0.326. The van der Waals surface area contributed by atoms with Crippen LogP contribution in [0.25, 0.3) is 0 Å². The number of nitrogens with zero attached hydrogens (tertiary/aromatic N) is 1. The minimum Gasteiger partial charge on any atom is -0.341 e. The number of likely N-dealkylation sites (N-methyl/N-ethyl adjacent to an activating group) is 1. The van der Waals surface area contributed by atoms with Crippen molar-refractivity contribution in [1.82, 2.24) is 4.90 Å². The van der Waals surface area contributed by atoms with Crippen LogP contribution in [0.1, 0.15) is 30.4 Å². The zero-order valence-corrected chi connectivity index (χ0v) is 8.99. The van der Waals surface area contributed by atoms with Crippen molar-refractivity contribution in [3.63, 3.8) is 0 Å². The molecule has 1 fully saturated rings. The summed E-state index contributed by atoms with van der Waals surface area (Å²) < 4.78 is 0. The van der Waals surface area contributed by atoms with Crippen molar-refractivity contribution in [2.75, 3.05) is 7.05 Å². The lowest BCUT2D eigenvalue weighted by Gasteiger charge is -2.47. The van der Waals surface area contributed by atoms with Crippen LogP contribution in [0.2, 0.25) is 0 Å². The fourth-order valence-electron chi connectivity index (χ4n) is 2.95. The molecule has 3 rings (SSSR count). The van der Waals surface area contributed by atoms with Gasteiger partial charge in [-0.15, -0.1) is 0 Å². The number of amides is 1. The molecule has 1 aromatic rings. The normalized spacial score (nSPS) is 22.5. The lowest BCUT2D eigenvalue weighted by Crippen LogP contribution is -2.53. The zero-order valence-electron chi connectivity index (χ0n) is 8.99. The average Bonchev–Trinajstić information content (AvgIpc) is 2.17. The Morgan fingerprint density at radius 3 is 2.67 bits per heavy atom. The molecule has 1 aromatic carbocycles. The standard InChI is InChI=1S/C13H15NO/c1-14-9-10-5-2-3-6-11(10)13(12(14)15)7-4-8-13/h2-3,5-6H,4,7-9H2,1H3. The topological polar surface area (TPSA) is 20.3 Å². The summed E-state index contributed by atoms with van der Waals surface area (Å²) in [5, 5.41) is 0. The van der Waals surface area contributed by atoms with Crippen LogP contribution in [0.3, 0.4) is 0 Å². The molecule has 1 aliphatic carbocycles. The number of rotatable bonds is 0. The van der Waals surface area contributed by atoms with Gasteiger partial charge in [-0.3, -0.25) is 4.79 Å². The fourth-order valence-corrected chi connectivity index (χ4v) is 2.95. The first kappa shape index (κ1) is 8.96. The molecule has 0 aromatic heterocycles. The lowest BCUT2D eigenvalue weighted by atomic mass is 9.61. The summed E-state index contributed by atoms with van der Waals surface area (Å²) in [5.41, 5.74) is 2.47. The van der Waals surface area contributed by atoms with Crippen LogP contribution in [-0.4, -0.2) is 17.9 Å². The van der Waals surface area contributed by atoms with E-state index in [1.165, 1.54) is 17.5 Å². The number of hydrogen-bond acceptors (Lipinski definition) is 1. The van der Waals surface area contributed by atoms with Gasteiger partial charge in [0.1, 0.15) is 0 Å². The van der Waals surface area contributed by atoms with Gasteiger partial charge >= 0.3 is 0 Å². The Labute approximate surface area is 89.9 Å². The van der Waals surface area contributed by atoms with Crippen LogP contribution in [0, 0.1) is 0 Å². The molecule has 0 saturated heterocycles. The van der Waals surface area contributed by atoms with Crippen molar-refractivity contribution in [1.29, 1.82) is 0 Å². The molecule has 2 nitrogen and oxygen atoms in total. The van der Waals surface area contributed by atoms with Gasteiger partial charge in [0, 0.05) is 13.6 Å². The van der Waals surface area contributed by atoms with Gasteiger partial charge in [0.15, 0.2) is 0 Å². The first-order valence-electron chi connectivity index (χ1n) is 5.58. The van der Waals surface area contributed by atoms with E-state index in [1.54, 1.807) is 0 Å². The second-order valence-electron chi connectivity index (χ2n) is 4.75. The predicted molar refractivity (Wildman–Crippen MR) is 58.4 cm³/mol. The van der Waals surface area contributed by atoms with E-state index in [0.717, 1.165) is 19.4 Å². The van der Waals surface area contributed by atoms with Crippen molar-refractivity contribution < 1.29 is 4.79 Å². The molecular formula is C13H15NO. The van der Waals surface area contributed by atoms with Crippen molar-refractivity contribution in [2.45, 2.75) is 31.2 Å². The third kappa shape index (κ3) is 1.02. The van der Waals surface area contributed by atoms with E-state index >= 15 is 0 Å². The van der Waals surface area contributed by atoms with Gasteiger partial charge in [0.2, 0.25) is 5.91 Å². The minimum atomic E-state index is -0.149. The van der Waals surface area contributed by atoms with E-state index < -0.39 is 0 Å². The molecule has 1 amide bonds. The molecule has 0 radical (unpaired) electrons. The maximum atomic E-state index is 12.2. The molecule has 1 spiro atoms. The second-order valence-corrected chi connectivity index (χ2v) is 4.75. The molecular weight excluding hydrogens is 186 g/mol. The zero-order chi connectivity index (χ0) is 10.5. The molecule has 1 saturated carbocycles. The van der Waals surface area contributed by atoms with Crippen molar-refractivity contribution in [3.05, 3.63) is 35.4 Å². The van der Waals surface area contributed by atoms with Gasteiger partial charge in [0.05, 0.1) is 5.41 Å². The molecule has 1 heterocycles. The highest BCUT2D eigenvalue weighted by Gasteiger charge is 2.50. The largest absolute Gasteiger partial charge is 0.341 e. The van der Waals surface area contributed by atoms with Crippen LogP contribution in [-0.2, 0) is 16.8 Å². The monoisotopic (exact) mass is 201 g/mol. The van der Waals surface area contributed by atoms with Gasteiger partial charge in [0.25, 0.3) is 0 Å². The lowest BCUT2D eigenvalue weighted by molar-refractivity contribution is -0.141. The Balaban J connectivity index is 2.18. The number of benzene rings is 1. The Morgan fingerprint density at radius 2 is 2.00 bits per heavy atom. The van der Waals surface area contributed by atoms with Crippen LogP contribution >= 0.6 is 0 Å². The third-order valence-electron chi connectivity index (χ3n) is 3.90. The molecule has 0 atom stereocenters. The molecule has 0 bridgehead atoms. The van der Waals surface area contributed by atoms with E-state index in [1.807, 2.05) is 11.9 Å². The Bertz CT molecular complexity index is 420. The summed E-state index contributed by atoms with van der Waals surface area (Å²) >= 11 is 0. The summed E-state index contributed by atoms with van der Waals surface area (Å²) in [4.78, 5) is 14.1. The van der Waals surface area contributed by atoms with Crippen LogP contribution in [0.15, 0.2) is 24.3 Å². The van der Waals surface area contributed by atoms with E-state index in [2.05, 4.69) is 24.3 Å². The number of carbonyl (C=O) groups is 1. The van der Waals surface area contributed by atoms with Crippen molar-refractivity contribution in [2.24, 2.45) is 0 Å². The van der Waals surface area contributed by atoms with Crippen LogP contribution < -0.4 is 0 Å². The Kier molecular flexibility index (Phi) is 1.70. The summed E-state index contributed by atoms with van der Waals surface area (Å²) in [6.07, 6.45) is 3.26. The number of carbonyl (C=O) groups excluding carboxylic acids is 1. The summed E-state index contributed by atoms with van der Waals surface area (Å²) in [6.45, 7) is 0.775. The maximum absolute atomic E-state index is 12.2. The van der Waals surface area contributed by atoms with E-state index in [4.69, 9.17) is 0 Å². The van der Waals surface area contributed by atoms with Gasteiger partial charge in [-0.1, -0.05) is 30.7 Å². The van der Waals surface area contributed by atoms with E-state index in [-0.39, 0.29) is 5.41 Å². The summed E-state index contributed by atoms with van der Waals surface area (Å²) in [6, 6.07) is 8.41. The van der Waals surface area contributed by atoms with E-state index in [9.17, 15) is 4.79 Å². The second kappa shape index (κ2) is 2.84. The molecule has 78 valence electrons. The maximum Gasteiger partial charge on any atom is 0.233 e. The highest BCUT2D eigenvalue weighted by Crippen LogP contribution is 2.48. The fraction of sp³-hybridized carbons (Fsp3) is 0.462. The summed E-state index contributed by atoms with van der Waals surface area (Å²) in [7, 11) is 1.92. The van der Waals surface area contributed by atoms with E-state index in [0.29, 0.717) is 5.91 Å². The SMILES string of the molecule is CN1Cc2ccccc2C2(CCC2)C1=O. The molecule has 1 aliphatic heterocycles. The Hall–Kier alpha value is -1.31. The molecule has 0 N–H and O–H groups in total. The van der Waals surface area contributed by atoms with Crippen molar-refractivity contribution >= 4 is 5.91 Å². The highest BCUT2D eigenvalue weighted by atomic mass is 16.2. The number of fused-ring (bicyclic) bond motifs is 2. The molecule has 2 heteroatoms. The molecule has 0 unspecified atom stereocenters. The predicted octanol–water partition coefficient (Wildman–Crippen LogP) is 2.08. The highest BCUT2D eigenvalue weighted by molar-refractivity contribution is 5.91. The van der Waals surface area contributed by atoms with Gasteiger partial charge < -0.3 is 4.90 Å².